The minimum atomic E-state index is 1.12. The number of hydrogen-bond acceptors (Lipinski definition) is 4. The van der Waals surface area contributed by atoms with Gasteiger partial charge in [-0.05, 0) is 104 Å². The van der Waals surface area contributed by atoms with Gasteiger partial charge in [-0.25, -0.2) is 0 Å². The van der Waals surface area contributed by atoms with Crippen molar-refractivity contribution in [2.45, 2.75) is 0 Å². The highest BCUT2D eigenvalue weighted by atomic mass is 32.1. The molecule has 3 aromatic heterocycles. The summed E-state index contributed by atoms with van der Waals surface area (Å²) < 4.78 is 5.22. The van der Waals surface area contributed by atoms with E-state index in [-0.39, 0.29) is 0 Å². The highest BCUT2D eigenvalue weighted by molar-refractivity contribution is 7.26. The third kappa shape index (κ3) is 5.02. The molecule has 0 aliphatic carbocycles. The van der Waals surface area contributed by atoms with Crippen LogP contribution < -0.4 is 4.90 Å². The Kier molecular flexibility index (Phi) is 6.94. The number of pyridine rings is 1. The summed E-state index contributed by atoms with van der Waals surface area (Å²) in [4.78, 5) is 6.59. The number of benzene rings is 8. The molecule has 3 heterocycles. The molecule has 8 aromatic carbocycles. The molecule has 0 unspecified atom stereocenters. The molecule has 0 aliphatic rings. The van der Waals surface area contributed by atoms with Crippen molar-refractivity contribution in [2.24, 2.45) is 0 Å². The molecule has 0 aliphatic heterocycles. The van der Waals surface area contributed by atoms with Crippen LogP contribution in [0, 0.1) is 0 Å². The predicted octanol–water partition coefficient (Wildman–Crippen LogP) is 14.9. The zero-order valence-corrected chi connectivity index (χ0v) is 30.2. The molecule has 0 atom stereocenters. The average molecular weight is 711 g/mol. The molecule has 4 heteroatoms. The Labute approximate surface area is 314 Å². The van der Waals surface area contributed by atoms with Crippen molar-refractivity contribution in [1.82, 2.24) is 4.98 Å². The molecule has 0 spiro atoms. The van der Waals surface area contributed by atoms with Gasteiger partial charge < -0.3 is 4.90 Å². The molecular formula is C49H30N2S2. The molecule has 2 nitrogen and oxygen atoms in total. The Morgan fingerprint density at radius 2 is 0.774 bits per heavy atom. The summed E-state index contributed by atoms with van der Waals surface area (Å²) in [5.74, 6) is 0. The summed E-state index contributed by atoms with van der Waals surface area (Å²) in [6, 6.07) is 62.4. The van der Waals surface area contributed by atoms with Crippen LogP contribution in [0.1, 0.15) is 0 Å². The minimum Gasteiger partial charge on any atom is -0.310 e. The lowest BCUT2D eigenvalue weighted by molar-refractivity contribution is 1.30. The van der Waals surface area contributed by atoms with Crippen LogP contribution in [0.5, 0.6) is 0 Å². The fraction of sp³-hybridized carbons (Fsp3) is 0. The molecule has 53 heavy (non-hydrogen) atoms. The molecule has 0 saturated carbocycles. The maximum Gasteiger partial charge on any atom is 0.0476 e. The van der Waals surface area contributed by atoms with Crippen LogP contribution in [0.4, 0.5) is 17.1 Å². The van der Waals surface area contributed by atoms with Crippen LogP contribution in [-0.2, 0) is 0 Å². The van der Waals surface area contributed by atoms with Crippen molar-refractivity contribution >= 4 is 102 Å². The first-order valence-corrected chi connectivity index (χ1v) is 19.5. The van der Waals surface area contributed by atoms with E-state index in [1.165, 1.54) is 84.1 Å². The van der Waals surface area contributed by atoms with Crippen LogP contribution in [0.15, 0.2) is 182 Å². The number of aromatic nitrogens is 1. The summed E-state index contributed by atoms with van der Waals surface area (Å²) in [5.41, 5.74) is 8.16. The first kappa shape index (κ1) is 30.3. The average Bonchev–Trinajstić information content (AvgIpc) is 3.80. The van der Waals surface area contributed by atoms with E-state index in [2.05, 4.69) is 180 Å². The predicted molar refractivity (Wildman–Crippen MR) is 231 cm³/mol. The van der Waals surface area contributed by atoms with E-state index in [0.717, 1.165) is 17.1 Å². The van der Waals surface area contributed by atoms with Crippen molar-refractivity contribution in [3.8, 4) is 22.3 Å². The molecule has 0 saturated heterocycles. The number of nitrogens with zero attached hydrogens (tertiary/aromatic N) is 2. The molecule has 0 radical (unpaired) electrons. The quantitative estimate of drug-likeness (QED) is 0.177. The maximum atomic E-state index is 4.17. The van der Waals surface area contributed by atoms with Crippen LogP contribution >= 0.6 is 22.7 Å². The van der Waals surface area contributed by atoms with Gasteiger partial charge in [0.25, 0.3) is 0 Å². The van der Waals surface area contributed by atoms with Crippen molar-refractivity contribution in [1.29, 1.82) is 0 Å². The molecule has 0 bridgehead atoms. The molecule has 0 N–H and O–H groups in total. The van der Waals surface area contributed by atoms with Gasteiger partial charge in [0.2, 0.25) is 0 Å². The smallest absolute Gasteiger partial charge is 0.0476 e. The number of anilines is 3. The SMILES string of the molecule is c1ccc2c(c1)ccc1sc3cc(N(c4ccc(-c5ccc(-c6ccncc6)cc5)cc4)c4ccc5c(c4)sc4ccc6ccccc6c45)ccc3c12. The highest BCUT2D eigenvalue weighted by Crippen LogP contribution is 2.45. The van der Waals surface area contributed by atoms with Crippen LogP contribution in [-0.4, -0.2) is 4.98 Å². The van der Waals surface area contributed by atoms with Gasteiger partial charge >= 0.3 is 0 Å². The Morgan fingerprint density at radius 1 is 0.340 bits per heavy atom. The third-order valence-corrected chi connectivity index (χ3v) is 12.8. The van der Waals surface area contributed by atoms with Crippen LogP contribution in [0.25, 0.3) is 84.1 Å². The summed E-state index contributed by atoms with van der Waals surface area (Å²) in [6.45, 7) is 0. The van der Waals surface area contributed by atoms with Crippen molar-refractivity contribution < 1.29 is 0 Å². The normalized spacial score (nSPS) is 11.8. The van der Waals surface area contributed by atoms with Gasteiger partial charge in [0.05, 0.1) is 0 Å². The Hall–Kier alpha value is -6.33. The monoisotopic (exact) mass is 710 g/mol. The standard InChI is InChI=1S/C49H30N2S2/c1-3-7-40-35(5-1)15-23-44-48(40)42-21-19-38(29-46(42)52-44)51(37-17-13-33(14-18-37)31-9-11-32(12-10-31)34-25-27-50-28-26-34)39-20-22-43-47(30-39)53-45-24-16-36-6-2-4-8-41(36)49(43)45/h1-30H. The minimum absolute atomic E-state index is 1.12. The summed E-state index contributed by atoms with van der Waals surface area (Å²) in [6.07, 6.45) is 3.68. The Bertz CT molecular complexity index is 3000. The zero-order valence-electron chi connectivity index (χ0n) is 28.5. The highest BCUT2D eigenvalue weighted by Gasteiger charge is 2.18. The Morgan fingerprint density at radius 3 is 1.28 bits per heavy atom. The molecule has 11 aromatic rings. The third-order valence-electron chi connectivity index (χ3n) is 10.6. The number of rotatable bonds is 5. The van der Waals surface area contributed by atoms with Gasteiger partial charge in [-0.3, -0.25) is 4.98 Å². The van der Waals surface area contributed by atoms with Crippen molar-refractivity contribution in [3.63, 3.8) is 0 Å². The fourth-order valence-electron chi connectivity index (χ4n) is 8.00. The van der Waals surface area contributed by atoms with Gasteiger partial charge in [0.1, 0.15) is 0 Å². The Balaban J connectivity index is 1.05. The lowest BCUT2D eigenvalue weighted by atomic mass is 10.0. The van der Waals surface area contributed by atoms with Gasteiger partial charge in [-0.2, -0.15) is 0 Å². The summed E-state index contributed by atoms with van der Waals surface area (Å²) >= 11 is 3.75. The lowest BCUT2D eigenvalue weighted by Gasteiger charge is -2.26. The second-order valence-corrected chi connectivity index (χ2v) is 15.7. The maximum absolute atomic E-state index is 4.17. The van der Waals surface area contributed by atoms with Gasteiger partial charge in [-0.15, -0.1) is 22.7 Å². The molecule has 0 fully saturated rings. The lowest BCUT2D eigenvalue weighted by Crippen LogP contribution is -2.09. The molecule has 11 rings (SSSR count). The van der Waals surface area contributed by atoms with Crippen molar-refractivity contribution in [3.05, 3.63) is 182 Å². The second kappa shape index (κ2) is 12.1. The van der Waals surface area contributed by atoms with Crippen LogP contribution in [0.2, 0.25) is 0 Å². The van der Waals surface area contributed by atoms with Gasteiger partial charge in [0.15, 0.2) is 0 Å². The topological polar surface area (TPSA) is 16.1 Å². The number of fused-ring (bicyclic) bond motifs is 10. The second-order valence-electron chi connectivity index (χ2n) is 13.6. The van der Waals surface area contributed by atoms with E-state index in [0.29, 0.717) is 0 Å². The fourth-order valence-corrected chi connectivity index (χ4v) is 10.3. The first-order chi connectivity index (χ1) is 26.2. The molecule has 0 amide bonds. The van der Waals surface area contributed by atoms with E-state index in [9.17, 15) is 0 Å². The van der Waals surface area contributed by atoms with E-state index in [1.54, 1.807) is 0 Å². The van der Waals surface area contributed by atoms with E-state index in [4.69, 9.17) is 0 Å². The first-order valence-electron chi connectivity index (χ1n) is 17.8. The van der Waals surface area contributed by atoms with E-state index >= 15 is 0 Å². The van der Waals surface area contributed by atoms with E-state index < -0.39 is 0 Å². The van der Waals surface area contributed by atoms with Crippen LogP contribution in [0.3, 0.4) is 0 Å². The summed E-state index contributed by atoms with van der Waals surface area (Å²) in [7, 11) is 0. The zero-order chi connectivity index (χ0) is 34.9. The summed E-state index contributed by atoms with van der Waals surface area (Å²) in [5, 5.41) is 10.5. The number of thiophene rings is 2. The molecule has 248 valence electrons. The van der Waals surface area contributed by atoms with Gasteiger partial charge in [0, 0.05) is 69.8 Å². The van der Waals surface area contributed by atoms with Gasteiger partial charge in [-0.1, -0.05) is 109 Å². The largest absolute Gasteiger partial charge is 0.310 e. The van der Waals surface area contributed by atoms with E-state index in [1.807, 2.05) is 35.1 Å². The van der Waals surface area contributed by atoms with Crippen molar-refractivity contribution in [2.75, 3.05) is 4.90 Å². The number of hydrogen-bond donors (Lipinski definition) is 0. The molecular weight excluding hydrogens is 681 g/mol.